The Morgan fingerprint density at radius 2 is 2.17 bits per heavy atom. The number of hydroxylamine groups is 1. The Kier molecular flexibility index (Phi) is 3.16. The monoisotopic (exact) mass is 278 g/mol. The Bertz CT molecular complexity index is 278. The van der Waals surface area contributed by atoms with Crippen molar-refractivity contribution in [1.29, 1.82) is 0 Å². The molecule has 0 radical (unpaired) electrons. The van der Waals surface area contributed by atoms with Crippen LogP contribution in [0.15, 0.2) is 18.2 Å². The molecule has 1 rings (SSSR count). The van der Waals surface area contributed by atoms with E-state index in [1.807, 2.05) is 25.2 Å². The predicted molar refractivity (Wildman–Crippen MR) is 59.0 cm³/mol. The molecule has 0 bridgehead atoms. The smallest absolute Gasteiger partial charge is 0.0768 e. The number of hydrogen-bond acceptors (Lipinski definition) is 3. The Morgan fingerprint density at radius 3 is 2.67 bits per heavy atom. The summed E-state index contributed by atoms with van der Waals surface area (Å²) in [5, 5.41) is 1.70. The highest BCUT2D eigenvalue weighted by Crippen LogP contribution is 2.23. The minimum Gasteiger partial charge on any atom is -0.399 e. The minimum absolute atomic E-state index is 0.771. The Morgan fingerprint density at radius 1 is 1.50 bits per heavy atom. The second-order valence-corrected chi connectivity index (χ2v) is 3.55. The van der Waals surface area contributed by atoms with E-state index in [0.29, 0.717) is 0 Å². The highest BCUT2D eigenvalue weighted by Gasteiger charge is 2.03. The molecule has 0 saturated heterocycles. The number of nitrogen functional groups attached to an aromatic ring is 1. The van der Waals surface area contributed by atoms with Crippen LogP contribution in [0.3, 0.4) is 0 Å². The first-order valence-electron chi connectivity index (χ1n) is 3.48. The minimum atomic E-state index is 0.771. The van der Waals surface area contributed by atoms with Crippen molar-refractivity contribution in [2.45, 2.75) is 0 Å². The van der Waals surface area contributed by atoms with Crippen molar-refractivity contribution in [3.8, 4) is 0 Å². The van der Waals surface area contributed by atoms with E-state index >= 15 is 0 Å². The molecule has 0 fully saturated rings. The molecule has 1 aromatic carbocycles. The molecule has 1 aromatic rings. The Balaban J connectivity index is 3.01. The molecule has 2 N–H and O–H groups in total. The van der Waals surface area contributed by atoms with Gasteiger partial charge in [-0.1, -0.05) is 0 Å². The van der Waals surface area contributed by atoms with Gasteiger partial charge in [-0.2, -0.15) is 0 Å². The van der Waals surface area contributed by atoms with Crippen LogP contribution < -0.4 is 10.8 Å². The maximum absolute atomic E-state index is 5.60. The van der Waals surface area contributed by atoms with Crippen LogP contribution >= 0.6 is 22.6 Å². The first-order valence-corrected chi connectivity index (χ1v) is 4.56. The van der Waals surface area contributed by atoms with Crippen molar-refractivity contribution in [1.82, 2.24) is 0 Å². The summed E-state index contributed by atoms with van der Waals surface area (Å²) in [6.07, 6.45) is 0. The molecule has 0 aromatic heterocycles. The average Bonchev–Trinajstić information content (AvgIpc) is 2.03. The largest absolute Gasteiger partial charge is 0.399 e. The average molecular weight is 278 g/mol. The maximum Gasteiger partial charge on any atom is 0.0768 e. The molecule has 0 saturated carbocycles. The Hall–Kier alpha value is -0.490. The van der Waals surface area contributed by atoms with Gasteiger partial charge in [-0.3, -0.25) is 9.90 Å². The molecule has 0 aliphatic rings. The van der Waals surface area contributed by atoms with Gasteiger partial charge in [-0.05, 0) is 40.8 Å². The van der Waals surface area contributed by atoms with Gasteiger partial charge in [0, 0.05) is 16.3 Å². The van der Waals surface area contributed by atoms with Gasteiger partial charge >= 0.3 is 0 Å². The molecular formula is C8H11IN2O. The van der Waals surface area contributed by atoms with Crippen molar-refractivity contribution in [3.63, 3.8) is 0 Å². The van der Waals surface area contributed by atoms with Crippen LogP contribution in [0.4, 0.5) is 11.4 Å². The summed E-state index contributed by atoms with van der Waals surface area (Å²) in [4.78, 5) is 5.04. The highest BCUT2D eigenvalue weighted by molar-refractivity contribution is 14.1. The van der Waals surface area contributed by atoms with Gasteiger partial charge < -0.3 is 5.73 Å². The predicted octanol–water partition coefficient (Wildman–Crippen LogP) is 1.87. The van der Waals surface area contributed by atoms with E-state index in [1.165, 1.54) is 0 Å². The molecule has 3 nitrogen and oxygen atoms in total. The normalized spacial score (nSPS) is 9.92. The summed E-state index contributed by atoms with van der Waals surface area (Å²) in [6, 6.07) is 5.69. The van der Waals surface area contributed by atoms with E-state index in [1.54, 1.807) is 12.2 Å². The number of hydrogen-bond donors (Lipinski definition) is 1. The lowest BCUT2D eigenvalue weighted by molar-refractivity contribution is 0.184. The van der Waals surface area contributed by atoms with Crippen molar-refractivity contribution in [2.75, 3.05) is 25.0 Å². The first-order chi connectivity index (χ1) is 5.65. The molecule has 0 atom stereocenters. The Labute approximate surface area is 85.6 Å². The van der Waals surface area contributed by atoms with Crippen LogP contribution in [-0.2, 0) is 4.84 Å². The first kappa shape index (κ1) is 9.60. The zero-order valence-corrected chi connectivity index (χ0v) is 9.20. The molecule has 4 heteroatoms. The van der Waals surface area contributed by atoms with Gasteiger partial charge in [-0.25, -0.2) is 0 Å². The lowest BCUT2D eigenvalue weighted by atomic mass is 10.3. The zero-order chi connectivity index (χ0) is 9.14. The molecule has 0 aliphatic heterocycles. The van der Waals surface area contributed by atoms with Crippen LogP contribution in [0.25, 0.3) is 0 Å². The van der Waals surface area contributed by atoms with Gasteiger partial charge in [0.25, 0.3) is 0 Å². The number of nitrogens with two attached hydrogens (primary N) is 1. The van der Waals surface area contributed by atoms with E-state index in [-0.39, 0.29) is 0 Å². The van der Waals surface area contributed by atoms with Crippen LogP contribution in [0, 0.1) is 3.57 Å². The molecule has 66 valence electrons. The number of nitrogens with zero attached hydrogens (tertiary/aromatic N) is 1. The van der Waals surface area contributed by atoms with Crippen LogP contribution in [0.2, 0.25) is 0 Å². The second kappa shape index (κ2) is 3.95. The highest BCUT2D eigenvalue weighted by atomic mass is 127. The van der Waals surface area contributed by atoms with Gasteiger partial charge in [0.15, 0.2) is 0 Å². The van der Waals surface area contributed by atoms with Crippen LogP contribution in [-0.4, -0.2) is 14.2 Å². The molecule has 0 heterocycles. The van der Waals surface area contributed by atoms with E-state index in [4.69, 9.17) is 10.6 Å². The number of halogens is 1. The van der Waals surface area contributed by atoms with Gasteiger partial charge in [0.1, 0.15) is 0 Å². The number of benzene rings is 1. The summed E-state index contributed by atoms with van der Waals surface area (Å²) in [6.45, 7) is 0. The lowest BCUT2D eigenvalue weighted by Gasteiger charge is -2.17. The fourth-order valence-electron chi connectivity index (χ4n) is 0.877. The standard InChI is InChI=1S/C8H11IN2O/c1-11(12-2)8-4-3-6(10)5-7(8)9/h3-5H,10H2,1-2H3. The molecule has 0 amide bonds. The van der Waals surface area contributed by atoms with Crippen LogP contribution in [0.5, 0.6) is 0 Å². The van der Waals surface area contributed by atoms with Crippen molar-refractivity contribution in [2.24, 2.45) is 0 Å². The summed E-state index contributed by atoms with van der Waals surface area (Å²) in [7, 11) is 3.49. The van der Waals surface area contributed by atoms with E-state index < -0.39 is 0 Å². The number of anilines is 2. The molecule has 0 aliphatic carbocycles. The van der Waals surface area contributed by atoms with Crippen molar-refractivity contribution < 1.29 is 4.84 Å². The van der Waals surface area contributed by atoms with Gasteiger partial charge in [0.05, 0.1) is 12.8 Å². The quantitative estimate of drug-likeness (QED) is 0.510. The van der Waals surface area contributed by atoms with E-state index in [0.717, 1.165) is 14.9 Å². The van der Waals surface area contributed by atoms with Crippen molar-refractivity contribution >= 4 is 34.0 Å². The summed E-state index contributed by atoms with van der Waals surface area (Å²) in [5.74, 6) is 0. The van der Waals surface area contributed by atoms with Crippen LogP contribution in [0.1, 0.15) is 0 Å². The topological polar surface area (TPSA) is 38.5 Å². The molecular weight excluding hydrogens is 267 g/mol. The van der Waals surface area contributed by atoms with E-state index in [9.17, 15) is 0 Å². The fraction of sp³-hybridized carbons (Fsp3) is 0.250. The number of rotatable bonds is 2. The molecule has 12 heavy (non-hydrogen) atoms. The van der Waals surface area contributed by atoms with Gasteiger partial charge in [-0.15, -0.1) is 0 Å². The third-order valence-corrected chi connectivity index (χ3v) is 2.45. The van der Waals surface area contributed by atoms with Crippen molar-refractivity contribution in [3.05, 3.63) is 21.8 Å². The second-order valence-electron chi connectivity index (χ2n) is 2.39. The lowest BCUT2D eigenvalue weighted by Crippen LogP contribution is -2.15. The SMILES string of the molecule is CON(C)c1ccc(N)cc1I. The third kappa shape index (κ3) is 2.01. The summed E-state index contributed by atoms with van der Waals surface area (Å²) >= 11 is 2.22. The molecule has 0 unspecified atom stereocenters. The molecule has 0 spiro atoms. The fourth-order valence-corrected chi connectivity index (χ4v) is 1.76. The summed E-state index contributed by atoms with van der Waals surface area (Å²) < 4.78 is 1.08. The maximum atomic E-state index is 5.60. The summed E-state index contributed by atoms with van der Waals surface area (Å²) in [5.41, 5.74) is 7.40. The van der Waals surface area contributed by atoms with Gasteiger partial charge in [0.2, 0.25) is 0 Å². The zero-order valence-electron chi connectivity index (χ0n) is 7.04. The van der Waals surface area contributed by atoms with E-state index in [2.05, 4.69) is 22.6 Å². The third-order valence-electron chi connectivity index (χ3n) is 1.58.